The second-order valence-electron chi connectivity index (χ2n) is 2.39. The van der Waals surface area contributed by atoms with Crippen LogP contribution in [0.25, 0.3) is 0 Å². The Kier molecular flexibility index (Phi) is 2.63. The first kappa shape index (κ1) is 11.9. The summed E-state index contributed by atoms with van der Waals surface area (Å²) in [6.45, 7) is 0. The molecule has 0 aliphatic rings. The van der Waals surface area contributed by atoms with Crippen LogP contribution < -0.4 is 0 Å². The lowest BCUT2D eigenvalue weighted by Crippen LogP contribution is -2.13. The van der Waals surface area contributed by atoms with E-state index in [0.717, 1.165) is 0 Å². The molecule has 0 saturated carbocycles. The Labute approximate surface area is 88.6 Å². The molecular formula is C3N6O8. The molecule has 14 nitrogen and oxygen atoms in total. The predicted molar refractivity (Wildman–Crippen MR) is 44.6 cm³/mol. The Morgan fingerprint density at radius 3 is 1.71 bits per heavy atom. The van der Waals surface area contributed by atoms with Crippen LogP contribution in [0.15, 0.2) is 0 Å². The Morgan fingerprint density at radius 2 is 1.41 bits per heavy atom. The quantitative estimate of drug-likeness (QED) is 0.505. The lowest BCUT2D eigenvalue weighted by molar-refractivity contribution is -0.572. The smallest absolute Gasteiger partial charge is 0.358 e. The third-order valence-electron chi connectivity index (χ3n) is 1.49. The van der Waals surface area contributed by atoms with Gasteiger partial charge < -0.3 is 30.3 Å². The van der Waals surface area contributed by atoms with Crippen LogP contribution in [0.4, 0.5) is 17.3 Å². The lowest BCUT2D eigenvalue weighted by Gasteiger charge is -1.90. The molecule has 0 radical (unpaired) electrons. The molecule has 90 valence electrons. The SMILES string of the molecule is O=[N+]([O-])c1nn([N+](=O)[O-])c([N+](=O)[O-])c1[N+](=O)[O-]. The topological polar surface area (TPSA) is 190 Å². The van der Waals surface area contributed by atoms with Gasteiger partial charge in [-0.25, -0.2) is 0 Å². The first-order chi connectivity index (χ1) is 7.77. The largest absolute Gasteiger partial charge is 0.503 e. The molecule has 1 aromatic rings. The molecule has 0 aliphatic carbocycles. The molecule has 0 fully saturated rings. The van der Waals surface area contributed by atoms with Crippen molar-refractivity contribution in [1.82, 2.24) is 9.89 Å². The molecular weight excluding hydrogens is 248 g/mol. The molecule has 0 unspecified atom stereocenters. The van der Waals surface area contributed by atoms with Gasteiger partial charge in [-0.05, 0) is 9.85 Å². The van der Waals surface area contributed by atoms with Crippen molar-refractivity contribution in [2.75, 3.05) is 0 Å². The third kappa shape index (κ3) is 1.80. The zero-order valence-electron chi connectivity index (χ0n) is 7.45. The summed E-state index contributed by atoms with van der Waals surface area (Å²) in [6, 6.07) is 0. The summed E-state index contributed by atoms with van der Waals surface area (Å²) in [7, 11) is 0. The molecule has 17 heavy (non-hydrogen) atoms. The van der Waals surface area contributed by atoms with Crippen LogP contribution in [-0.2, 0) is 0 Å². The van der Waals surface area contributed by atoms with E-state index in [4.69, 9.17) is 0 Å². The van der Waals surface area contributed by atoms with Gasteiger partial charge in [0.25, 0.3) is 0 Å². The molecule has 1 rings (SSSR count). The van der Waals surface area contributed by atoms with Crippen molar-refractivity contribution in [2.45, 2.75) is 0 Å². The first-order valence-corrected chi connectivity index (χ1v) is 3.48. The van der Waals surface area contributed by atoms with E-state index in [9.17, 15) is 40.5 Å². The second kappa shape index (κ2) is 3.76. The van der Waals surface area contributed by atoms with Crippen molar-refractivity contribution in [2.24, 2.45) is 0 Å². The van der Waals surface area contributed by atoms with E-state index in [-0.39, 0.29) is 0 Å². The molecule has 0 atom stereocenters. The minimum Gasteiger partial charge on any atom is -0.358 e. The highest BCUT2D eigenvalue weighted by molar-refractivity contribution is 5.58. The summed E-state index contributed by atoms with van der Waals surface area (Å²) >= 11 is 0. The fraction of sp³-hybridized carbons (Fsp3) is 0. The van der Waals surface area contributed by atoms with Crippen LogP contribution in [0, 0.1) is 40.5 Å². The molecule has 0 bridgehead atoms. The molecule has 0 aromatic carbocycles. The van der Waals surface area contributed by atoms with Crippen molar-refractivity contribution in [3.05, 3.63) is 40.5 Å². The highest BCUT2D eigenvalue weighted by Crippen LogP contribution is 2.35. The first-order valence-electron chi connectivity index (χ1n) is 3.48. The summed E-state index contributed by atoms with van der Waals surface area (Å²) in [5.74, 6) is -3.26. The van der Waals surface area contributed by atoms with Crippen molar-refractivity contribution in [1.29, 1.82) is 0 Å². The maximum atomic E-state index is 10.4. The van der Waals surface area contributed by atoms with E-state index >= 15 is 0 Å². The van der Waals surface area contributed by atoms with Crippen LogP contribution in [-0.4, -0.2) is 29.7 Å². The van der Waals surface area contributed by atoms with Crippen LogP contribution in [0.1, 0.15) is 0 Å². The van der Waals surface area contributed by atoms with Crippen molar-refractivity contribution >= 4 is 17.3 Å². The van der Waals surface area contributed by atoms with E-state index in [0.29, 0.717) is 0 Å². The van der Waals surface area contributed by atoms with Gasteiger partial charge in [0, 0.05) is 0 Å². The van der Waals surface area contributed by atoms with Gasteiger partial charge in [-0.15, -0.1) is 0 Å². The van der Waals surface area contributed by atoms with Gasteiger partial charge >= 0.3 is 17.3 Å². The number of nitro groups is 4. The van der Waals surface area contributed by atoms with E-state index in [1.165, 1.54) is 0 Å². The Hall–Kier alpha value is -3.19. The summed E-state index contributed by atoms with van der Waals surface area (Å²) in [4.78, 5) is 36.4. The van der Waals surface area contributed by atoms with Gasteiger partial charge in [0.05, 0.1) is 4.92 Å². The average Bonchev–Trinajstić information content (AvgIpc) is 2.56. The van der Waals surface area contributed by atoms with Crippen molar-refractivity contribution in [3.8, 4) is 0 Å². The second-order valence-corrected chi connectivity index (χ2v) is 2.39. The molecule has 0 N–H and O–H groups in total. The van der Waals surface area contributed by atoms with E-state index in [2.05, 4.69) is 5.10 Å². The molecule has 0 spiro atoms. The van der Waals surface area contributed by atoms with Crippen molar-refractivity contribution in [3.63, 3.8) is 0 Å². The summed E-state index contributed by atoms with van der Waals surface area (Å²) < 4.78 is 0. The van der Waals surface area contributed by atoms with Gasteiger partial charge in [-0.3, -0.25) is 10.1 Å². The average molecular weight is 248 g/mol. The minimum atomic E-state index is -1.69. The molecule has 0 amide bonds. The summed E-state index contributed by atoms with van der Waals surface area (Å²) in [6.07, 6.45) is 0. The maximum Gasteiger partial charge on any atom is 0.503 e. The Bertz CT molecular complexity index is 497. The zero-order chi connectivity index (χ0) is 13.3. The number of hydrogen-bond acceptors (Lipinski definition) is 9. The van der Waals surface area contributed by atoms with Gasteiger partial charge in [0.15, 0.2) is 4.79 Å². The van der Waals surface area contributed by atoms with Crippen LogP contribution >= 0.6 is 0 Å². The van der Waals surface area contributed by atoms with Gasteiger partial charge in [-0.2, -0.15) is 0 Å². The third-order valence-corrected chi connectivity index (χ3v) is 1.49. The highest BCUT2D eigenvalue weighted by atomic mass is 16.7. The van der Waals surface area contributed by atoms with E-state index in [1.54, 1.807) is 0 Å². The lowest BCUT2D eigenvalue weighted by atomic mass is 10.5. The Balaban J connectivity index is 3.73. The monoisotopic (exact) mass is 248 g/mol. The van der Waals surface area contributed by atoms with Gasteiger partial charge in [0.1, 0.15) is 5.03 Å². The number of aromatic nitrogens is 2. The highest BCUT2D eigenvalue weighted by Gasteiger charge is 2.49. The fourth-order valence-corrected chi connectivity index (χ4v) is 0.939. The van der Waals surface area contributed by atoms with Crippen LogP contribution in [0.5, 0.6) is 0 Å². The zero-order valence-corrected chi connectivity index (χ0v) is 7.45. The molecule has 14 heteroatoms. The van der Waals surface area contributed by atoms with Gasteiger partial charge in [0.2, 0.25) is 5.10 Å². The predicted octanol–water partition coefficient (Wildman–Crippen LogP) is -0.353. The molecule has 0 saturated heterocycles. The standard InChI is InChI=1S/C3N6O8/c10-6(11)1-2(7(12)13)4-5(9(16)17)3(1)8(14)15. The van der Waals surface area contributed by atoms with E-state index < -0.39 is 41.9 Å². The fourth-order valence-electron chi connectivity index (χ4n) is 0.939. The summed E-state index contributed by atoms with van der Waals surface area (Å²) in [5, 5.41) is 42.5. The number of rotatable bonds is 4. The molecule has 1 heterocycles. The summed E-state index contributed by atoms with van der Waals surface area (Å²) in [5.41, 5.74) is -1.64. The molecule has 1 aromatic heterocycles. The Morgan fingerprint density at radius 1 is 0.882 bits per heavy atom. The minimum absolute atomic E-state index is 0.629. The maximum absolute atomic E-state index is 10.4. The van der Waals surface area contributed by atoms with Gasteiger partial charge in [-0.1, -0.05) is 0 Å². The van der Waals surface area contributed by atoms with E-state index in [1.807, 2.05) is 0 Å². The number of nitrogens with zero attached hydrogens (tertiary/aromatic N) is 6. The normalized spacial score (nSPS) is 9.88. The van der Waals surface area contributed by atoms with Crippen LogP contribution in [0.3, 0.4) is 0 Å². The van der Waals surface area contributed by atoms with Crippen molar-refractivity contribution < 1.29 is 19.8 Å². The molecule has 0 aliphatic heterocycles. The number of hydrogen-bond donors (Lipinski definition) is 0. The van der Waals surface area contributed by atoms with Crippen LogP contribution in [0.2, 0.25) is 0 Å².